The average molecular weight is 392 g/mol. The van der Waals surface area contributed by atoms with Gasteiger partial charge >= 0.3 is 0 Å². The molecule has 0 aliphatic rings. The lowest BCUT2D eigenvalue weighted by Crippen LogP contribution is -2.38. The molecule has 7 nitrogen and oxygen atoms in total. The predicted octanol–water partition coefficient (Wildman–Crippen LogP) is 1.90. The Hall–Kier alpha value is -2.58. The highest BCUT2D eigenvalue weighted by Gasteiger charge is 2.17. The van der Waals surface area contributed by atoms with Crippen LogP contribution in [0.5, 0.6) is 11.5 Å². The van der Waals surface area contributed by atoms with Crippen LogP contribution >= 0.6 is 0 Å². The Morgan fingerprint density at radius 2 is 1.67 bits per heavy atom. The molecule has 0 fully saturated rings. The molecule has 0 bridgehead atoms. The molecule has 0 heterocycles. The van der Waals surface area contributed by atoms with Crippen molar-refractivity contribution in [1.29, 1.82) is 0 Å². The molecule has 0 aromatic heterocycles. The maximum atomic E-state index is 12.0. The van der Waals surface area contributed by atoms with Gasteiger partial charge in [-0.05, 0) is 43.3 Å². The summed E-state index contributed by atoms with van der Waals surface area (Å²) in [6.45, 7) is 2.23. The lowest BCUT2D eigenvalue weighted by atomic mass is 10.3. The van der Waals surface area contributed by atoms with Gasteiger partial charge in [0, 0.05) is 14.1 Å². The fourth-order valence-electron chi connectivity index (χ4n) is 2.16. The first-order chi connectivity index (χ1) is 12.8. The van der Waals surface area contributed by atoms with Crippen molar-refractivity contribution < 1.29 is 22.7 Å². The second-order valence-electron chi connectivity index (χ2n) is 5.97. The van der Waals surface area contributed by atoms with E-state index in [0.29, 0.717) is 18.0 Å². The predicted molar refractivity (Wildman–Crippen MR) is 102 cm³/mol. The number of carbonyl (C=O) groups is 1. The van der Waals surface area contributed by atoms with Crippen molar-refractivity contribution in [3.63, 3.8) is 0 Å². The lowest BCUT2D eigenvalue weighted by Gasteiger charge is -2.15. The summed E-state index contributed by atoms with van der Waals surface area (Å²) in [6.07, 6.45) is -0.622. The van der Waals surface area contributed by atoms with Gasteiger partial charge in [0.25, 0.3) is 5.91 Å². The van der Waals surface area contributed by atoms with E-state index in [-0.39, 0.29) is 17.4 Å². The maximum Gasteiger partial charge on any atom is 0.260 e. The quantitative estimate of drug-likeness (QED) is 0.659. The van der Waals surface area contributed by atoms with Crippen LogP contribution in [0.3, 0.4) is 0 Å². The summed E-state index contributed by atoms with van der Waals surface area (Å²) in [4.78, 5) is 12.2. The molecule has 0 aliphatic carbocycles. The van der Waals surface area contributed by atoms with Crippen LogP contribution in [-0.2, 0) is 14.8 Å². The standard InChI is InChI=1S/C19H24N2O5S/c1-15(26-17-7-5-4-6-8-17)19(22)20-13-14-25-16-9-11-18(12-10-16)27(23,24)21(2)3/h4-12,15H,13-14H2,1-3H3,(H,20,22)/t15-/m1/s1. The molecule has 146 valence electrons. The first-order valence-corrected chi connectivity index (χ1v) is 9.89. The van der Waals surface area contributed by atoms with E-state index in [4.69, 9.17) is 9.47 Å². The zero-order chi connectivity index (χ0) is 19.9. The Kier molecular flexibility index (Phi) is 7.20. The van der Waals surface area contributed by atoms with E-state index in [0.717, 1.165) is 4.31 Å². The monoisotopic (exact) mass is 392 g/mol. The summed E-state index contributed by atoms with van der Waals surface area (Å²) < 4.78 is 36.2. The Labute approximate surface area is 160 Å². The molecular weight excluding hydrogens is 368 g/mol. The van der Waals surface area contributed by atoms with E-state index in [1.807, 2.05) is 18.2 Å². The van der Waals surface area contributed by atoms with E-state index in [1.165, 1.54) is 26.2 Å². The topological polar surface area (TPSA) is 84.9 Å². The fraction of sp³-hybridized carbons (Fsp3) is 0.316. The van der Waals surface area contributed by atoms with Crippen LogP contribution in [0, 0.1) is 0 Å². The third kappa shape index (κ3) is 5.97. The van der Waals surface area contributed by atoms with Crippen molar-refractivity contribution in [2.45, 2.75) is 17.9 Å². The molecule has 0 saturated carbocycles. The summed E-state index contributed by atoms with van der Waals surface area (Å²) in [5.41, 5.74) is 0. The summed E-state index contributed by atoms with van der Waals surface area (Å²) in [6, 6.07) is 15.2. The minimum atomic E-state index is -3.46. The summed E-state index contributed by atoms with van der Waals surface area (Å²) in [5, 5.41) is 2.73. The van der Waals surface area contributed by atoms with Crippen LogP contribution in [0.25, 0.3) is 0 Å². The zero-order valence-corrected chi connectivity index (χ0v) is 16.4. The van der Waals surface area contributed by atoms with Crippen LogP contribution in [0.1, 0.15) is 6.92 Å². The van der Waals surface area contributed by atoms with Gasteiger partial charge in [0.05, 0.1) is 11.4 Å². The Bertz CT molecular complexity index is 836. The van der Waals surface area contributed by atoms with Gasteiger partial charge in [0.15, 0.2) is 6.10 Å². The molecule has 2 aromatic rings. The number of para-hydroxylation sites is 1. The van der Waals surface area contributed by atoms with Crippen molar-refractivity contribution in [3.05, 3.63) is 54.6 Å². The SMILES string of the molecule is C[C@@H](Oc1ccccc1)C(=O)NCCOc1ccc(S(=O)(=O)N(C)C)cc1. The molecule has 0 saturated heterocycles. The van der Waals surface area contributed by atoms with E-state index in [9.17, 15) is 13.2 Å². The molecule has 0 spiro atoms. The third-order valence-electron chi connectivity index (χ3n) is 3.70. The molecule has 1 N–H and O–H groups in total. The first kappa shape index (κ1) is 20.7. The Morgan fingerprint density at radius 1 is 1.04 bits per heavy atom. The molecule has 8 heteroatoms. The Balaban J connectivity index is 1.75. The van der Waals surface area contributed by atoms with E-state index >= 15 is 0 Å². The zero-order valence-electron chi connectivity index (χ0n) is 15.6. The van der Waals surface area contributed by atoms with Crippen LogP contribution in [0.15, 0.2) is 59.5 Å². The molecule has 1 amide bonds. The number of hydrogen-bond acceptors (Lipinski definition) is 5. The van der Waals surface area contributed by atoms with Gasteiger partial charge in [-0.3, -0.25) is 4.79 Å². The fourth-order valence-corrected chi connectivity index (χ4v) is 3.06. The number of rotatable bonds is 9. The number of ether oxygens (including phenoxy) is 2. The molecule has 2 aromatic carbocycles. The van der Waals surface area contributed by atoms with E-state index in [2.05, 4.69) is 5.32 Å². The second kappa shape index (κ2) is 9.38. The average Bonchev–Trinajstić information content (AvgIpc) is 2.66. The smallest absolute Gasteiger partial charge is 0.260 e. The maximum absolute atomic E-state index is 12.0. The summed E-state index contributed by atoms with van der Waals surface area (Å²) in [7, 11) is -0.504. The number of benzene rings is 2. The highest BCUT2D eigenvalue weighted by Crippen LogP contribution is 2.18. The number of amides is 1. The van der Waals surface area contributed by atoms with Gasteiger partial charge in [-0.15, -0.1) is 0 Å². The minimum absolute atomic E-state index is 0.194. The largest absolute Gasteiger partial charge is 0.492 e. The van der Waals surface area contributed by atoms with Crippen LogP contribution in [0.2, 0.25) is 0 Å². The highest BCUT2D eigenvalue weighted by molar-refractivity contribution is 7.89. The number of sulfonamides is 1. The van der Waals surface area contributed by atoms with Crippen molar-refractivity contribution in [3.8, 4) is 11.5 Å². The van der Waals surface area contributed by atoms with Crippen LogP contribution < -0.4 is 14.8 Å². The number of nitrogens with one attached hydrogen (secondary N) is 1. The molecule has 2 rings (SSSR count). The van der Waals surface area contributed by atoms with E-state index < -0.39 is 16.1 Å². The molecule has 0 aliphatic heterocycles. The van der Waals surface area contributed by atoms with Crippen molar-refractivity contribution >= 4 is 15.9 Å². The van der Waals surface area contributed by atoms with Crippen molar-refractivity contribution in [2.75, 3.05) is 27.2 Å². The van der Waals surface area contributed by atoms with Gasteiger partial charge in [0.2, 0.25) is 10.0 Å². The summed E-state index contributed by atoms with van der Waals surface area (Å²) >= 11 is 0. The molecule has 27 heavy (non-hydrogen) atoms. The molecule has 0 radical (unpaired) electrons. The molecular formula is C19H24N2O5S. The van der Waals surface area contributed by atoms with E-state index in [1.54, 1.807) is 31.2 Å². The number of carbonyl (C=O) groups excluding carboxylic acids is 1. The van der Waals surface area contributed by atoms with Gasteiger partial charge in [0.1, 0.15) is 18.1 Å². The lowest BCUT2D eigenvalue weighted by molar-refractivity contribution is -0.127. The van der Waals surface area contributed by atoms with Gasteiger partial charge in [-0.1, -0.05) is 18.2 Å². The van der Waals surface area contributed by atoms with Crippen LogP contribution in [0.4, 0.5) is 0 Å². The normalized spacial score (nSPS) is 12.4. The van der Waals surface area contributed by atoms with Gasteiger partial charge in [-0.2, -0.15) is 0 Å². The highest BCUT2D eigenvalue weighted by atomic mass is 32.2. The van der Waals surface area contributed by atoms with Crippen LogP contribution in [-0.4, -0.2) is 52.0 Å². The van der Waals surface area contributed by atoms with Crippen molar-refractivity contribution in [2.24, 2.45) is 0 Å². The van der Waals surface area contributed by atoms with Gasteiger partial charge in [-0.25, -0.2) is 12.7 Å². The Morgan fingerprint density at radius 3 is 2.26 bits per heavy atom. The molecule has 1 atom stereocenters. The number of nitrogens with zero attached hydrogens (tertiary/aromatic N) is 1. The summed E-state index contributed by atoms with van der Waals surface area (Å²) in [5.74, 6) is 0.912. The third-order valence-corrected chi connectivity index (χ3v) is 5.53. The minimum Gasteiger partial charge on any atom is -0.492 e. The van der Waals surface area contributed by atoms with Gasteiger partial charge < -0.3 is 14.8 Å². The number of hydrogen-bond donors (Lipinski definition) is 1. The second-order valence-corrected chi connectivity index (χ2v) is 8.12. The first-order valence-electron chi connectivity index (χ1n) is 8.45. The van der Waals surface area contributed by atoms with Crippen molar-refractivity contribution in [1.82, 2.24) is 9.62 Å². The molecule has 0 unspecified atom stereocenters.